The Labute approximate surface area is 181 Å². The minimum absolute atomic E-state index is 0.0357. The molecule has 6 heteroatoms. The number of allylic oxidation sites excluding steroid dienone is 2. The van der Waals surface area contributed by atoms with Crippen LogP contribution >= 0.6 is 0 Å². The second kappa shape index (κ2) is 7.46. The molecule has 0 radical (unpaired) electrons. The van der Waals surface area contributed by atoms with Crippen molar-refractivity contribution < 1.29 is 29.6 Å². The SMILES string of the molecule is CC(C)=CCc1c2c(c(O)c3c1O[C@H](c1ccc(O)cc1)[C@@H](O)C3=O)C=CC(C)(C)O2. The molecule has 2 heterocycles. The molecule has 6 nitrogen and oxygen atoms in total. The van der Waals surface area contributed by atoms with Gasteiger partial charge in [0.25, 0.3) is 0 Å². The zero-order chi connectivity index (χ0) is 22.5. The molecule has 2 aromatic rings. The predicted octanol–water partition coefficient (Wildman–Crippen LogP) is 4.47. The molecule has 162 valence electrons. The van der Waals surface area contributed by atoms with Crippen molar-refractivity contribution in [2.45, 2.75) is 51.9 Å². The monoisotopic (exact) mass is 422 g/mol. The van der Waals surface area contributed by atoms with Crippen LogP contribution in [-0.2, 0) is 6.42 Å². The van der Waals surface area contributed by atoms with Gasteiger partial charge >= 0.3 is 0 Å². The summed E-state index contributed by atoms with van der Waals surface area (Å²) in [5, 5.41) is 31.2. The van der Waals surface area contributed by atoms with Crippen LogP contribution in [0.4, 0.5) is 0 Å². The topological polar surface area (TPSA) is 96.2 Å². The second-order valence-corrected chi connectivity index (χ2v) is 8.74. The molecule has 4 rings (SSSR count). The molecule has 31 heavy (non-hydrogen) atoms. The third-order valence-electron chi connectivity index (χ3n) is 5.51. The summed E-state index contributed by atoms with van der Waals surface area (Å²) in [6, 6.07) is 6.13. The molecule has 0 bridgehead atoms. The smallest absolute Gasteiger partial charge is 0.202 e. The van der Waals surface area contributed by atoms with Crippen molar-refractivity contribution in [1.82, 2.24) is 0 Å². The number of rotatable bonds is 3. The van der Waals surface area contributed by atoms with Crippen molar-refractivity contribution in [2.24, 2.45) is 0 Å². The maximum Gasteiger partial charge on any atom is 0.202 e. The summed E-state index contributed by atoms with van der Waals surface area (Å²) in [7, 11) is 0. The minimum atomic E-state index is -1.50. The Morgan fingerprint density at radius 3 is 2.45 bits per heavy atom. The van der Waals surface area contributed by atoms with E-state index >= 15 is 0 Å². The van der Waals surface area contributed by atoms with Gasteiger partial charge in [0.1, 0.15) is 34.2 Å². The zero-order valence-corrected chi connectivity index (χ0v) is 18.0. The molecule has 0 saturated heterocycles. The number of ether oxygens (including phenoxy) is 2. The Kier molecular flexibility index (Phi) is 5.06. The third kappa shape index (κ3) is 3.68. The molecule has 2 atom stereocenters. The van der Waals surface area contributed by atoms with E-state index < -0.39 is 23.6 Å². The van der Waals surface area contributed by atoms with E-state index in [-0.39, 0.29) is 22.8 Å². The van der Waals surface area contributed by atoms with Crippen molar-refractivity contribution >= 4 is 11.9 Å². The van der Waals surface area contributed by atoms with Gasteiger partial charge < -0.3 is 24.8 Å². The lowest BCUT2D eigenvalue weighted by molar-refractivity contribution is 0.0204. The molecular formula is C25H26O6. The fraction of sp³-hybridized carbons (Fsp3) is 0.320. The van der Waals surface area contributed by atoms with E-state index in [1.165, 1.54) is 12.1 Å². The average Bonchev–Trinajstić information content (AvgIpc) is 2.70. The summed E-state index contributed by atoms with van der Waals surface area (Å²) in [5.41, 5.74) is 2.04. The van der Waals surface area contributed by atoms with Crippen LogP contribution in [0.2, 0.25) is 0 Å². The molecule has 0 spiro atoms. The fourth-order valence-electron chi connectivity index (χ4n) is 3.86. The first kappa shape index (κ1) is 21.0. The highest BCUT2D eigenvalue weighted by Crippen LogP contribution is 2.51. The summed E-state index contributed by atoms with van der Waals surface area (Å²) in [5.74, 6) is -0.121. The van der Waals surface area contributed by atoms with Gasteiger partial charge in [-0.1, -0.05) is 23.8 Å². The number of fused-ring (bicyclic) bond motifs is 2. The lowest BCUT2D eigenvalue weighted by Crippen LogP contribution is -2.37. The lowest BCUT2D eigenvalue weighted by atomic mass is 9.87. The molecule has 2 aliphatic heterocycles. The number of carbonyl (C=O) groups is 1. The number of aliphatic hydroxyl groups excluding tert-OH is 1. The number of benzene rings is 2. The second-order valence-electron chi connectivity index (χ2n) is 8.74. The van der Waals surface area contributed by atoms with Crippen LogP contribution in [0.15, 0.2) is 42.0 Å². The Hall–Kier alpha value is -3.25. The summed E-state index contributed by atoms with van der Waals surface area (Å²) in [6.45, 7) is 7.75. The highest BCUT2D eigenvalue weighted by molar-refractivity contribution is 6.07. The normalized spacial score (nSPS) is 20.9. The van der Waals surface area contributed by atoms with Crippen LogP contribution in [0.3, 0.4) is 0 Å². The van der Waals surface area contributed by atoms with Crippen LogP contribution in [0, 0.1) is 0 Å². The molecular weight excluding hydrogens is 396 g/mol. The molecule has 0 unspecified atom stereocenters. The first-order valence-electron chi connectivity index (χ1n) is 10.2. The van der Waals surface area contributed by atoms with Crippen molar-refractivity contribution in [1.29, 1.82) is 0 Å². The van der Waals surface area contributed by atoms with Gasteiger partial charge in [0.15, 0.2) is 12.2 Å². The molecule has 3 N–H and O–H groups in total. The number of carbonyl (C=O) groups excluding carboxylic acids is 1. The summed E-state index contributed by atoms with van der Waals surface area (Å²) >= 11 is 0. The number of hydrogen-bond acceptors (Lipinski definition) is 6. The molecule has 0 saturated carbocycles. The van der Waals surface area contributed by atoms with Crippen molar-refractivity contribution in [3.05, 3.63) is 64.2 Å². The molecule has 0 aliphatic carbocycles. The number of phenolic OH excluding ortho intramolecular Hbond substituents is 2. The predicted molar refractivity (Wildman–Crippen MR) is 117 cm³/mol. The standard InChI is InChI=1S/C25H26O6/c1-13(2)5-10-17-23-16(11-12-25(3,4)31-23)19(27)18-20(28)21(29)22(30-24(17)18)14-6-8-15(26)9-7-14/h5-9,11-12,21-22,26-27,29H,10H2,1-4H3/t21-,22+/m0/s1. The Morgan fingerprint density at radius 1 is 1.13 bits per heavy atom. The first-order valence-corrected chi connectivity index (χ1v) is 10.2. The summed E-state index contributed by atoms with van der Waals surface area (Å²) < 4.78 is 12.4. The van der Waals surface area contributed by atoms with Crippen LogP contribution in [0.1, 0.15) is 60.8 Å². The van der Waals surface area contributed by atoms with Gasteiger partial charge in [-0.05, 0) is 64.0 Å². The van der Waals surface area contributed by atoms with E-state index in [4.69, 9.17) is 9.47 Å². The highest BCUT2D eigenvalue weighted by Gasteiger charge is 2.43. The molecule has 0 aromatic heterocycles. The van der Waals surface area contributed by atoms with E-state index in [0.717, 1.165) is 5.57 Å². The fourth-order valence-corrected chi connectivity index (χ4v) is 3.86. The maximum absolute atomic E-state index is 13.2. The van der Waals surface area contributed by atoms with Crippen LogP contribution in [-0.4, -0.2) is 32.8 Å². The van der Waals surface area contributed by atoms with E-state index in [1.54, 1.807) is 18.2 Å². The largest absolute Gasteiger partial charge is 0.508 e. The molecule has 0 fully saturated rings. The van der Waals surface area contributed by atoms with E-state index in [1.807, 2.05) is 39.8 Å². The van der Waals surface area contributed by atoms with Crippen molar-refractivity contribution in [3.8, 4) is 23.0 Å². The van der Waals surface area contributed by atoms with E-state index in [9.17, 15) is 20.1 Å². The van der Waals surface area contributed by atoms with Gasteiger partial charge in [-0.25, -0.2) is 0 Å². The first-order chi connectivity index (χ1) is 14.6. The molecule has 0 amide bonds. The number of Topliss-reactive ketones (excluding diaryl/α,β-unsaturated/α-hetero) is 1. The van der Waals surface area contributed by atoms with Gasteiger partial charge in [0.2, 0.25) is 5.78 Å². The van der Waals surface area contributed by atoms with Gasteiger partial charge in [-0.2, -0.15) is 0 Å². The number of aliphatic hydroxyl groups is 1. The van der Waals surface area contributed by atoms with Crippen LogP contribution in [0.25, 0.3) is 6.08 Å². The summed E-state index contributed by atoms with van der Waals surface area (Å²) in [6.07, 6.45) is 3.51. The van der Waals surface area contributed by atoms with Crippen molar-refractivity contribution in [3.63, 3.8) is 0 Å². The number of aromatic hydroxyl groups is 2. The molecule has 2 aliphatic rings. The van der Waals surface area contributed by atoms with Gasteiger partial charge in [-0.15, -0.1) is 0 Å². The van der Waals surface area contributed by atoms with E-state index in [0.29, 0.717) is 28.9 Å². The van der Waals surface area contributed by atoms with Crippen LogP contribution < -0.4 is 9.47 Å². The van der Waals surface area contributed by atoms with E-state index in [2.05, 4.69) is 0 Å². The van der Waals surface area contributed by atoms with Gasteiger partial charge in [-0.3, -0.25) is 4.79 Å². The average molecular weight is 422 g/mol. The number of phenols is 2. The molecule has 2 aromatic carbocycles. The Balaban J connectivity index is 1.93. The number of ketones is 1. The highest BCUT2D eigenvalue weighted by atomic mass is 16.5. The van der Waals surface area contributed by atoms with Crippen molar-refractivity contribution in [2.75, 3.05) is 0 Å². The maximum atomic E-state index is 13.2. The Bertz CT molecular complexity index is 1100. The lowest BCUT2D eigenvalue weighted by Gasteiger charge is -2.35. The zero-order valence-electron chi connectivity index (χ0n) is 18.0. The van der Waals surface area contributed by atoms with Gasteiger partial charge in [0.05, 0.1) is 5.56 Å². The summed E-state index contributed by atoms with van der Waals surface area (Å²) in [4.78, 5) is 13.2. The minimum Gasteiger partial charge on any atom is -0.508 e. The van der Waals surface area contributed by atoms with Gasteiger partial charge in [0, 0.05) is 5.56 Å². The Morgan fingerprint density at radius 2 is 1.81 bits per heavy atom. The number of hydrogen-bond donors (Lipinski definition) is 3. The third-order valence-corrected chi connectivity index (χ3v) is 5.51. The van der Waals surface area contributed by atoms with Crippen LogP contribution in [0.5, 0.6) is 23.0 Å². The quantitative estimate of drug-likeness (QED) is 0.632.